The summed E-state index contributed by atoms with van der Waals surface area (Å²) >= 11 is 5.63. The van der Waals surface area contributed by atoms with Crippen LogP contribution in [0.5, 0.6) is 5.75 Å². The Kier molecular flexibility index (Phi) is 8.02. The first-order chi connectivity index (χ1) is 16.1. The Labute approximate surface area is 202 Å². The largest absolute Gasteiger partial charge is 0.481 e. The molecule has 0 spiro atoms. The lowest BCUT2D eigenvalue weighted by atomic mass is 10.0. The third-order valence-electron chi connectivity index (χ3n) is 5.61. The number of rotatable bonds is 7. The van der Waals surface area contributed by atoms with Crippen molar-refractivity contribution in [3.8, 4) is 17.6 Å². The number of hydrogen-bond acceptors (Lipinski definition) is 6. The van der Waals surface area contributed by atoms with Crippen molar-refractivity contribution in [1.82, 2.24) is 9.80 Å². The number of amides is 5. The van der Waals surface area contributed by atoms with Gasteiger partial charge >= 0.3 is 12.1 Å². The number of hydrogen-bond donors (Lipinski definition) is 2. The Balaban J connectivity index is 1.59. The van der Waals surface area contributed by atoms with E-state index in [0.29, 0.717) is 36.7 Å². The number of benzene rings is 1. The molecule has 5 amide bonds. The zero-order valence-corrected chi connectivity index (χ0v) is 19.5. The molecule has 182 valence electrons. The average molecular weight is 492 g/mol. The predicted octanol–water partition coefficient (Wildman–Crippen LogP) is 2.28. The van der Waals surface area contributed by atoms with Crippen LogP contribution in [0.1, 0.15) is 32.6 Å². The number of alkyl halides is 1. The van der Waals surface area contributed by atoms with Crippen LogP contribution in [0.4, 0.5) is 15.3 Å². The van der Waals surface area contributed by atoms with Crippen LogP contribution < -0.4 is 9.64 Å². The molecule has 2 unspecified atom stereocenters. The number of aliphatic hydroxyl groups is 1. The van der Waals surface area contributed by atoms with E-state index >= 15 is 0 Å². The zero-order chi connectivity index (χ0) is 24.9. The zero-order valence-electron chi connectivity index (χ0n) is 18.7. The van der Waals surface area contributed by atoms with Crippen LogP contribution in [0.25, 0.3) is 0 Å². The molecule has 0 radical (unpaired) electrons. The number of carbonyl (C=O) groups is 4. The maximum atomic E-state index is 12.9. The summed E-state index contributed by atoms with van der Waals surface area (Å²) in [4.78, 5) is 51.4. The summed E-state index contributed by atoms with van der Waals surface area (Å²) in [5.74, 6) is 4.84. The van der Waals surface area contributed by atoms with E-state index in [-0.39, 0.29) is 30.9 Å². The SMILES string of the molecule is CC(O)(C#CCOc1ccc(N2CCN(C3CCC(=O)N(C(=O)O)C3=O)C2=O)cc1)CCCCl. The lowest BCUT2D eigenvalue weighted by Gasteiger charge is -2.32. The molecule has 1 aromatic rings. The second-order valence-corrected chi connectivity index (χ2v) is 8.56. The highest BCUT2D eigenvalue weighted by Crippen LogP contribution is 2.27. The molecule has 0 aliphatic carbocycles. The van der Waals surface area contributed by atoms with E-state index in [4.69, 9.17) is 21.4 Å². The van der Waals surface area contributed by atoms with Crippen LogP contribution in [-0.4, -0.2) is 81.2 Å². The first-order valence-electron chi connectivity index (χ1n) is 10.8. The molecule has 2 fully saturated rings. The van der Waals surface area contributed by atoms with Crippen molar-refractivity contribution in [1.29, 1.82) is 0 Å². The van der Waals surface area contributed by atoms with E-state index in [1.807, 2.05) is 0 Å². The van der Waals surface area contributed by atoms with Gasteiger partial charge < -0.3 is 19.8 Å². The number of ether oxygens (including phenoxy) is 1. The number of urea groups is 1. The van der Waals surface area contributed by atoms with E-state index in [9.17, 15) is 24.3 Å². The second-order valence-electron chi connectivity index (χ2n) is 8.18. The molecule has 3 rings (SSSR count). The summed E-state index contributed by atoms with van der Waals surface area (Å²) in [5, 5.41) is 19.3. The van der Waals surface area contributed by atoms with Crippen molar-refractivity contribution in [3.63, 3.8) is 0 Å². The van der Waals surface area contributed by atoms with Crippen molar-refractivity contribution in [2.45, 2.75) is 44.2 Å². The molecule has 11 heteroatoms. The summed E-state index contributed by atoms with van der Waals surface area (Å²) in [6, 6.07) is 5.31. The highest BCUT2D eigenvalue weighted by Gasteiger charge is 2.45. The minimum absolute atomic E-state index is 0.0788. The summed E-state index contributed by atoms with van der Waals surface area (Å²) in [7, 11) is 0. The first kappa shape index (κ1) is 25.3. The molecular formula is C23H26ClN3O7. The van der Waals surface area contributed by atoms with Crippen LogP contribution in [0.3, 0.4) is 0 Å². The van der Waals surface area contributed by atoms with Gasteiger partial charge in [-0.3, -0.25) is 14.5 Å². The van der Waals surface area contributed by atoms with E-state index in [1.54, 1.807) is 31.2 Å². The molecule has 34 heavy (non-hydrogen) atoms. The maximum absolute atomic E-state index is 12.9. The van der Waals surface area contributed by atoms with Crippen molar-refractivity contribution < 1.29 is 34.1 Å². The van der Waals surface area contributed by atoms with Crippen LogP contribution in [0.15, 0.2) is 24.3 Å². The number of imide groups is 3. The lowest BCUT2D eigenvalue weighted by Crippen LogP contribution is -2.56. The van der Waals surface area contributed by atoms with Gasteiger partial charge in [-0.1, -0.05) is 11.8 Å². The third-order valence-corrected chi connectivity index (χ3v) is 5.88. The van der Waals surface area contributed by atoms with Crippen molar-refractivity contribution >= 4 is 41.2 Å². The van der Waals surface area contributed by atoms with Gasteiger partial charge in [-0.25, -0.2) is 9.59 Å². The topological polar surface area (TPSA) is 128 Å². The van der Waals surface area contributed by atoms with Gasteiger partial charge in [0.25, 0.3) is 5.91 Å². The summed E-state index contributed by atoms with van der Waals surface area (Å²) in [6.45, 7) is 2.24. The third kappa shape index (κ3) is 5.79. The van der Waals surface area contributed by atoms with Crippen molar-refractivity contribution in [2.75, 3.05) is 30.5 Å². The Morgan fingerprint density at radius 1 is 1.24 bits per heavy atom. The number of carbonyl (C=O) groups excluding carboxylic acids is 3. The van der Waals surface area contributed by atoms with Crippen LogP contribution in [0.2, 0.25) is 0 Å². The van der Waals surface area contributed by atoms with Crippen LogP contribution >= 0.6 is 11.6 Å². The summed E-state index contributed by atoms with van der Waals surface area (Å²) in [5.41, 5.74) is -0.539. The number of halogens is 1. The average Bonchev–Trinajstić information content (AvgIpc) is 3.17. The molecule has 1 aromatic carbocycles. The minimum Gasteiger partial charge on any atom is -0.481 e. The van der Waals surface area contributed by atoms with E-state index in [0.717, 1.165) is 0 Å². The molecule has 2 atom stereocenters. The van der Waals surface area contributed by atoms with Crippen LogP contribution in [0, 0.1) is 11.8 Å². The molecule has 0 bridgehead atoms. The molecular weight excluding hydrogens is 466 g/mol. The Morgan fingerprint density at radius 2 is 1.94 bits per heavy atom. The van der Waals surface area contributed by atoms with E-state index in [1.165, 1.54) is 9.80 Å². The molecule has 0 saturated carbocycles. The molecule has 2 saturated heterocycles. The van der Waals surface area contributed by atoms with E-state index < -0.39 is 35.6 Å². The highest BCUT2D eigenvalue weighted by atomic mass is 35.5. The van der Waals surface area contributed by atoms with Gasteiger partial charge in [0.15, 0.2) is 0 Å². The summed E-state index contributed by atoms with van der Waals surface area (Å²) in [6.07, 6.45) is -0.543. The van der Waals surface area contributed by atoms with Crippen molar-refractivity contribution in [3.05, 3.63) is 24.3 Å². The standard InChI is InChI=1S/C23H26ClN3O7/c1-23(33,10-2-12-24)11-3-15-34-17-6-4-16(5-7-17)25-13-14-26(21(25)30)18-8-9-19(28)27(20(18)29)22(31)32/h4-7,18,33H,2,8-10,12-15H2,1H3,(H,31,32). The fourth-order valence-corrected chi connectivity index (χ4v) is 4.02. The van der Waals surface area contributed by atoms with Gasteiger partial charge in [-0.05, 0) is 50.5 Å². The number of anilines is 1. The molecule has 2 aliphatic rings. The van der Waals surface area contributed by atoms with Gasteiger partial charge in [-0.15, -0.1) is 11.6 Å². The quantitative estimate of drug-likeness (QED) is 0.340. The lowest BCUT2D eigenvalue weighted by molar-refractivity contribution is -0.148. The van der Waals surface area contributed by atoms with Gasteiger partial charge in [0.2, 0.25) is 5.91 Å². The molecule has 10 nitrogen and oxygen atoms in total. The Bertz CT molecular complexity index is 1020. The highest BCUT2D eigenvalue weighted by molar-refractivity contribution is 6.17. The van der Waals surface area contributed by atoms with Gasteiger partial charge in [0, 0.05) is 31.1 Å². The normalized spacial score (nSPS) is 20.1. The monoisotopic (exact) mass is 491 g/mol. The number of carboxylic acid groups (broad SMARTS) is 1. The minimum atomic E-state index is -1.64. The second kappa shape index (κ2) is 10.8. The number of likely N-dealkylation sites (tertiary alicyclic amines) is 1. The molecule has 2 aliphatic heterocycles. The number of nitrogens with zero attached hydrogens (tertiary/aromatic N) is 3. The van der Waals surface area contributed by atoms with Crippen LogP contribution in [-0.2, 0) is 9.59 Å². The van der Waals surface area contributed by atoms with Gasteiger partial charge in [-0.2, -0.15) is 4.90 Å². The Morgan fingerprint density at radius 3 is 2.59 bits per heavy atom. The predicted molar refractivity (Wildman–Crippen MR) is 123 cm³/mol. The van der Waals surface area contributed by atoms with E-state index in [2.05, 4.69) is 11.8 Å². The molecule has 2 heterocycles. The first-order valence-corrected chi connectivity index (χ1v) is 11.4. The maximum Gasteiger partial charge on any atom is 0.421 e. The molecule has 0 aromatic heterocycles. The Hall–Kier alpha value is -3.29. The fraction of sp³-hybridized carbons (Fsp3) is 0.478. The smallest absolute Gasteiger partial charge is 0.421 e. The van der Waals surface area contributed by atoms with Crippen molar-refractivity contribution in [2.24, 2.45) is 0 Å². The molecule has 2 N–H and O–H groups in total. The van der Waals surface area contributed by atoms with Gasteiger partial charge in [0.05, 0.1) is 0 Å². The van der Waals surface area contributed by atoms with Gasteiger partial charge in [0.1, 0.15) is 24.0 Å². The number of piperidine rings is 1. The fourth-order valence-electron chi connectivity index (χ4n) is 3.88. The summed E-state index contributed by atoms with van der Waals surface area (Å²) < 4.78 is 5.56.